The number of likely N-dealkylation sites (tertiary alicyclic amines) is 1. The summed E-state index contributed by atoms with van der Waals surface area (Å²) in [6.07, 6.45) is 9.12. The van der Waals surface area contributed by atoms with Crippen molar-refractivity contribution in [3.8, 4) is 5.75 Å². The number of nitrogens with zero attached hydrogens (tertiary/aromatic N) is 1. The molecule has 1 aliphatic heterocycles. The third-order valence-corrected chi connectivity index (χ3v) is 4.80. The van der Waals surface area contributed by atoms with Gasteiger partial charge in [0.15, 0.2) is 0 Å². The molecule has 1 atom stereocenters. The van der Waals surface area contributed by atoms with Crippen LogP contribution in [0.2, 0.25) is 0 Å². The van der Waals surface area contributed by atoms with E-state index in [-0.39, 0.29) is 6.09 Å². The van der Waals surface area contributed by atoms with Crippen molar-refractivity contribution in [2.45, 2.75) is 64.3 Å². The fourth-order valence-corrected chi connectivity index (χ4v) is 3.30. The summed E-state index contributed by atoms with van der Waals surface area (Å²) in [7, 11) is 2.20. The molecule has 0 bridgehead atoms. The van der Waals surface area contributed by atoms with Crippen LogP contribution in [0.4, 0.5) is 4.79 Å². The lowest BCUT2D eigenvalue weighted by atomic mass is 9.96. The minimum atomic E-state index is -0.349. The van der Waals surface area contributed by atoms with E-state index in [4.69, 9.17) is 4.74 Å². The maximum atomic E-state index is 11.9. The highest BCUT2D eigenvalue weighted by Gasteiger charge is 2.19. The van der Waals surface area contributed by atoms with Crippen LogP contribution in [0.25, 0.3) is 0 Å². The predicted molar refractivity (Wildman–Crippen MR) is 98.6 cm³/mol. The van der Waals surface area contributed by atoms with Gasteiger partial charge < -0.3 is 15.0 Å². The molecule has 1 fully saturated rings. The lowest BCUT2D eigenvalue weighted by molar-refractivity contribution is 0.184. The first-order chi connectivity index (χ1) is 11.7. The summed E-state index contributed by atoms with van der Waals surface area (Å²) in [4.78, 5) is 14.3. The lowest BCUT2D eigenvalue weighted by Gasteiger charge is -2.32. The number of benzene rings is 1. The van der Waals surface area contributed by atoms with Gasteiger partial charge in [0.05, 0.1) is 0 Å². The van der Waals surface area contributed by atoms with Crippen LogP contribution in [-0.2, 0) is 6.42 Å². The van der Waals surface area contributed by atoms with E-state index in [1.807, 2.05) is 18.2 Å². The maximum absolute atomic E-state index is 11.9. The quantitative estimate of drug-likeness (QED) is 0.718. The Morgan fingerprint density at radius 1 is 1.29 bits per heavy atom. The maximum Gasteiger partial charge on any atom is 0.412 e. The van der Waals surface area contributed by atoms with Crippen molar-refractivity contribution in [2.75, 3.05) is 20.1 Å². The summed E-state index contributed by atoms with van der Waals surface area (Å²) in [6.45, 7) is 4.05. The molecule has 0 aliphatic carbocycles. The highest BCUT2D eigenvalue weighted by molar-refractivity contribution is 5.70. The summed E-state index contributed by atoms with van der Waals surface area (Å²) in [5.74, 6) is 0.636. The van der Waals surface area contributed by atoms with Gasteiger partial charge in [0.1, 0.15) is 5.75 Å². The standard InChI is InChI=1S/C20H32N2O2/c1-3-4-5-7-13-21-20(23)24-19-12-9-10-17(16-19)15-18-11-6-8-14-22(18)2/h9-10,12,16,18H,3-8,11,13-15H2,1-2H3,(H,21,23). The second-order valence-corrected chi connectivity index (χ2v) is 6.86. The molecule has 0 spiro atoms. The Bertz CT molecular complexity index is 504. The SMILES string of the molecule is CCCCCCNC(=O)Oc1cccc(CC2CCCCN2C)c1. The van der Waals surface area contributed by atoms with E-state index in [1.165, 1.54) is 44.2 Å². The number of piperidine rings is 1. The Hall–Kier alpha value is -1.55. The second kappa shape index (κ2) is 10.3. The summed E-state index contributed by atoms with van der Waals surface area (Å²) < 4.78 is 5.41. The van der Waals surface area contributed by atoms with Crippen LogP contribution in [-0.4, -0.2) is 37.2 Å². The van der Waals surface area contributed by atoms with Crippen LogP contribution >= 0.6 is 0 Å². The molecule has 4 nitrogen and oxygen atoms in total. The molecule has 1 unspecified atom stereocenters. The number of carbonyl (C=O) groups is 1. The first-order valence-electron chi connectivity index (χ1n) is 9.44. The Kier molecular flexibility index (Phi) is 8.10. The second-order valence-electron chi connectivity index (χ2n) is 6.86. The number of hydrogen-bond donors (Lipinski definition) is 1. The first kappa shape index (κ1) is 18.8. The zero-order chi connectivity index (χ0) is 17.2. The van der Waals surface area contributed by atoms with E-state index < -0.39 is 0 Å². The Morgan fingerprint density at radius 3 is 2.96 bits per heavy atom. The van der Waals surface area contributed by atoms with E-state index in [0.29, 0.717) is 18.3 Å². The van der Waals surface area contributed by atoms with E-state index in [9.17, 15) is 4.79 Å². The van der Waals surface area contributed by atoms with Crippen molar-refractivity contribution < 1.29 is 9.53 Å². The van der Waals surface area contributed by atoms with Crippen molar-refractivity contribution >= 4 is 6.09 Å². The minimum absolute atomic E-state index is 0.349. The summed E-state index contributed by atoms with van der Waals surface area (Å²) in [5.41, 5.74) is 1.24. The van der Waals surface area contributed by atoms with Crippen molar-refractivity contribution in [1.29, 1.82) is 0 Å². The van der Waals surface area contributed by atoms with Gasteiger partial charge >= 0.3 is 6.09 Å². The van der Waals surface area contributed by atoms with Crippen molar-refractivity contribution in [2.24, 2.45) is 0 Å². The highest BCUT2D eigenvalue weighted by Crippen LogP contribution is 2.21. The van der Waals surface area contributed by atoms with Gasteiger partial charge in [0.2, 0.25) is 0 Å². The molecule has 1 aliphatic rings. The summed E-state index contributed by atoms with van der Waals surface area (Å²) in [6, 6.07) is 8.55. The fraction of sp³-hybridized carbons (Fsp3) is 0.650. The van der Waals surface area contributed by atoms with Gasteiger partial charge in [-0.25, -0.2) is 4.79 Å². The minimum Gasteiger partial charge on any atom is -0.410 e. The summed E-state index contributed by atoms with van der Waals surface area (Å²) in [5, 5.41) is 2.83. The third-order valence-electron chi connectivity index (χ3n) is 4.80. The van der Waals surface area contributed by atoms with Crippen LogP contribution in [0.3, 0.4) is 0 Å². The number of amides is 1. The van der Waals surface area contributed by atoms with Gasteiger partial charge in [-0.2, -0.15) is 0 Å². The zero-order valence-electron chi connectivity index (χ0n) is 15.2. The monoisotopic (exact) mass is 332 g/mol. The molecule has 0 aromatic heterocycles. The molecule has 1 N–H and O–H groups in total. The number of nitrogens with one attached hydrogen (secondary N) is 1. The number of unbranched alkanes of at least 4 members (excludes halogenated alkanes) is 3. The van der Waals surface area contributed by atoms with Crippen molar-refractivity contribution in [3.63, 3.8) is 0 Å². The average molecular weight is 332 g/mol. The number of ether oxygens (including phenoxy) is 1. The molecule has 1 saturated heterocycles. The van der Waals surface area contributed by atoms with Gasteiger partial charge in [0.25, 0.3) is 0 Å². The molecule has 0 radical (unpaired) electrons. The van der Waals surface area contributed by atoms with E-state index in [0.717, 1.165) is 19.3 Å². The topological polar surface area (TPSA) is 41.6 Å². The molecule has 4 heteroatoms. The van der Waals surface area contributed by atoms with Gasteiger partial charge in [-0.05, 0) is 57.0 Å². The molecular formula is C20H32N2O2. The van der Waals surface area contributed by atoms with Crippen LogP contribution < -0.4 is 10.1 Å². The molecule has 1 aromatic rings. The van der Waals surface area contributed by atoms with E-state index >= 15 is 0 Å². The lowest BCUT2D eigenvalue weighted by Crippen LogP contribution is -2.37. The van der Waals surface area contributed by atoms with Crippen LogP contribution in [0.1, 0.15) is 57.4 Å². The Labute approximate surface area is 146 Å². The zero-order valence-corrected chi connectivity index (χ0v) is 15.2. The number of rotatable bonds is 8. The van der Waals surface area contributed by atoms with Gasteiger partial charge in [-0.3, -0.25) is 0 Å². The number of likely N-dealkylation sites (N-methyl/N-ethyl adjacent to an activating group) is 1. The number of hydrogen-bond acceptors (Lipinski definition) is 3. The van der Waals surface area contributed by atoms with E-state index in [2.05, 4.69) is 30.3 Å². The smallest absolute Gasteiger partial charge is 0.410 e. The number of carbonyl (C=O) groups excluding carboxylic acids is 1. The third kappa shape index (κ3) is 6.52. The van der Waals surface area contributed by atoms with Gasteiger partial charge in [0, 0.05) is 12.6 Å². The van der Waals surface area contributed by atoms with Crippen molar-refractivity contribution in [1.82, 2.24) is 10.2 Å². The van der Waals surface area contributed by atoms with Gasteiger partial charge in [-0.15, -0.1) is 0 Å². The molecule has 0 saturated carbocycles. The van der Waals surface area contributed by atoms with Crippen LogP contribution in [0.5, 0.6) is 5.75 Å². The molecule has 24 heavy (non-hydrogen) atoms. The van der Waals surface area contributed by atoms with E-state index in [1.54, 1.807) is 0 Å². The van der Waals surface area contributed by atoms with Crippen molar-refractivity contribution in [3.05, 3.63) is 29.8 Å². The fourth-order valence-electron chi connectivity index (χ4n) is 3.30. The molecular weight excluding hydrogens is 300 g/mol. The Balaban J connectivity index is 1.78. The molecule has 134 valence electrons. The van der Waals surface area contributed by atoms with Crippen LogP contribution in [0, 0.1) is 0 Å². The van der Waals surface area contributed by atoms with Gasteiger partial charge in [-0.1, -0.05) is 44.7 Å². The summed E-state index contributed by atoms with van der Waals surface area (Å²) >= 11 is 0. The molecule has 2 rings (SSSR count). The largest absolute Gasteiger partial charge is 0.412 e. The molecule has 1 aromatic carbocycles. The first-order valence-corrected chi connectivity index (χ1v) is 9.44. The average Bonchev–Trinajstić information content (AvgIpc) is 2.57. The Morgan fingerprint density at radius 2 is 2.17 bits per heavy atom. The predicted octanol–water partition coefficient (Wildman–Crippen LogP) is 4.38. The highest BCUT2D eigenvalue weighted by atomic mass is 16.6. The van der Waals surface area contributed by atoms with Crippen LogP contribution in [0.15, 0.2) is 24.3 Å². The molecule has 1 heterocycles. The normalized spacial score (nSPS) is 18.3. The molecule has 1 amide bonds.